The minimum Gasteiger partial charge on any atom is -0.493 e. The molecule has 25 heavy (non-hydrogen) atoms. The van der Waals surface area contributed by atoms with Gasteiger partial charge in [-0.15, -0.1) is 0 Å². The van der Waals surface area contributed by atoms with Crippen molar-refractivity contribution in [2.24, 2.45) is 0 Å². The lowest BCUT2D eigenvalue weighted by molar-refractivity contribution is -0.121. The molecule has 1 aliphatic carbocycles. The topological polar surface area (TPSA) is 76.1 Å². The lowest BCUT2D eigenvalue weighted by Crippen LogP contribution is -2.44. The van der Waals surface area contributed by atoms with Crippen LogP contribution in [0.25, 0.3) is 0 Å². The van der Waals surface area contributed by atoms with Gasteiger partial charge in [0.1, 0.15) is 5.78 Å². The SMILES string of the molecule is COc1ccc(CC2C3=C(CCN2CO)CC(=O)CC3)cc1OC=O. The lowest BCUT2D eigenvalue weighted by atomic mass is 9.80. The molecule has 3 rings (SSSR count). The molecule has 1 atom stereocenters. The first-order chi connectivity index (χ1) is 12.2. The predicted octanol–water partition coefficient (Wildman–Crippen LogP) is 1.85. The Morgan fingerprint density at radius 1 is 1.28 bits per heavy atom. The van der Waals surface area contributed by atoms with Gasteiger partial charge < -0.3 is 14.6 Å². The van der Waals surface area contributed by atoms with Crippen LogP contribution < -0.4 is 9.47 Å². The molecule has 1 heterocycles. The zero-order chi connectivity index (χ0) is 17.8. The third-order valence-corrected chi connectivity index (χ3v) is 5.10. The number of ketones is 1. The summed E-state index contributed by atoms with van der Waals surface area (Å²) in [6, 6.07) is 5.58. The fraction of sp³-hybridized carbons (Fsp3) is 0.474. The number of methoxy groups -OCH3 is 1. The number of hydrogen-bond donors (Lipinski definition) is 1. The Kier molecular flexibility index (Phi) is 5.50. The molecule has 1 aromatic carbocycles. The quantitative estimate of drug-likeness (QED) is 0.626. The average Bonchev–Trinajstić information content (AvgIpc) is 2.62. The van der Waals surface area contributed by atoms with E-state index in [-0.39, 0.29) is 12.8 Å². The van der Waals surface area contributed by atoms with Crippen molar-refractivity contribution in [1.82, 2.24) is 4.90 Å². The molecule has 134 valence electrons. The Labute approximate surface area is 147 Å². The number of carbonyl (C=O) groups is 2. The maximum absolute atomic E-state index is 11.8. The van der Waals surface area contributed by atoms with E-state index in [4.69, 9.17) is 9.47 Å². The maximum Gasteiger partial charge on any atom is 0.298 e. The Morgan fingerprint density at radius 3 is 2.84 bits per heavy atom. The normalized spacial score (nSPS) is 21.0. The number of hydrogen-bond acceptors (Lipinski definition) is 6. The van der Waals surface area contributed by atoms with Gasteiger partial charge in [0.2, 0.25) is 0 Å². The fourth-order valence-corrected chi connectivity index (χ4v) is 3.83. The number of rotatable bonds is 6. The molecule has 0 aromatic heterocycles. The maximum atomic E-state index is 11.8. The molecule has 0 bridgehead atoms. The predicted molar refractivity (Wildman–Crippen MR) is 91.5 cm³/mol. The van der Waals surface area contributed by atoms with Crippen molar-refractivity contribution in [2.45, 2.75) is 38.1 Å². The highest BCUT2D eigenvalue weighted by Gasteiger charge is 2.32. The zero-order valence-electron chi connectivity index (χ0n) is 14.4. The van der Waals surface area contributed by atoms with E-state index in [0.29, 0.717) is 43.0 Å². The summed E-state index contributed by atoms with van der Waals surface area (Å²) in [6.07, 6.45) is 3.43. The highest BCUT2D eigenvalue weighted by molar-refractivity contribution is 5.83. The van der Waals surface area contributed by atoms with Crippen LogP contribution in [0.3, 0.4) is 0 Å². The largest absolute Gasteiger partial charge is 0.493 e. The van der Waals surface area contributed by atoms with E-state index in [0.717, 1.165) is 24.9 Å². The molecule has 1 unspecified atom stereocenters. The van der Waals surface area contributed by atoms with Crippen LogP contribution in [0.15, 0.2) is 29.3 Å². The number of aliphatic hydroxyl groups excluding tert-OH is 1. The summed E-state index contributed by atoms with van der Waals surface area (Å²) in [7, 11) is 1.53. The van der Waals surface area contributed by atoms with Gasteiger partial charge in [0.25, 0.3) is 6.47 Å². The van der Waals surface area contributed by atoms with E-state index in [1.165, 1.54) is 18.3 Å². The zero-order valence-corrected chi connectivity index (χ0v) is 14.4. The van der Waals surface area contributed by atoms with Gasteiger partial charge in [0.15, 0.2) is 11.5 Å². The second-order valence-electron chi connectivity index (χ2n) is 6.47. The standard InChI is InChI=1S/C19H23NO5/c1-24-18-5-2-13(9-19(18)25-12-22)8-17-16-4-3-15(23)10-14(16)6-7-20(17)11-21/h2,5,9,12,17,21H,3-4,6-8,10-11H2,1H3. The second-order valence-corrected chi connectivity index (χ2v) is 6.47. The summed E-state index contributed by atoms with van der Waals surface area (Å²) in [6.45, 7) is 1.13. The van der Waals surface area contributed by atoms with Crippen LogP contribution >= 0.6 is 0 Å². The van der Waals surface area contributed by atoms with Crippen molar-refractivity contribution < 1.29 is 24.2 Å². The molecule has 6 heteroatoms. The molecule has 0 radical (unpaired) electrons. The highest BCUT2D eigenvalue weighted by atomic mass is 16.5. The van der Waals surface area contributed by atoms with Crippen LogP contribution in [0.5, 0.6) is 11.5 Å². The van der Waals surface area contributed by atoms with E-state index < -0.39 is 0 Å². The third kappa shape index (κ3) is 3.75. The van der Waals surface area contributed by atoms with Crippen LogP contribution in [0, 0.1) is 0 Å². The van der Waals surface area contributed by atoms with Crippen molar-refractivity contribution in [3.05, 3.63) is 34.9 Å². The summed E-state index contributed by atoms with van der Waals surface area (Å²) in [5.41, 5.74) is 3.52. The van der Waals surface area contributed by atoms with E-state index in [9.17, 15) is 14.7 Å². The van der Waals surface area contributed by atoms with Crippen molar-refractivity contribution in [3.8, 4) is 11.5 Å². The van der Waals surface area contributed by atoms with Gasteiger partial charge in [-0.2, -0.15) is 0 Å². The van der Waals surface area contributed by atoms with Gasteiger partial charge in [-0.3, -0.25) is 14.5 Å². The van der Waals surface area contributed by atoms with Crippen molar-refractivity contribution in [2.75, 3.05) is 20.4 Å². The van der Waals surface area contributed by atoms with E-state index >= 15 is 0 Å². The molecule has 1 aromatic rings. The van der Waals surface area contributed by atoms with Crippen LogP contribution in [-0.2, 0) is 16.0 Å². The molecular formula is C19H23NO5. The number of carbonyl (C=O) groups excluding carboxylic acids is 2. The summed E-state index contributed by atoms with van der Waals surface area (Å²) in [5.74, 6) is 1.19. The molecule has 1 aliphatic heterocycles. The first-order valence-electron chi connectivity index (χ1n) is 8.51. The summed E-state index contributed by atoms with van der Waals surface area (Å²) >= 11 is 0. The molecular weight excluding hydrogens is 322 g/mol. The van der Waals surface area contributed by atoms with Gasteiger partial charge in [-0.25, -0.2) is 0 Å². The second kappa shape index (κ2) is 7.80. The smallest absolute Gasteiger partial charge is 0.298 e. The molecule has 0 amide bonds. The number of benzene rings is 1. The first-order valence-corrected chi connectivity index (χ1v) is 8.51. The molecule has 6 nitrogen and oxygen atoms in total. The van der Waals surface area contributed by atoms with Crippen LogP contribution in [0.2, 0.25) is 0 Å². The molecule has 0 saturated carbocycles. The van der Waals surface area contributed by atoms with Gasteiger partial charge in [0, 0.05) is 25.4 Å². The fourth-order valence-electron chi connectivity index (χ4n) is 3.83. The highest BCUT2D eigenvalue weighted by Crippen LogP contribution is 2.36. The van der Waals surface area contributed by atoms with Gasteiger partial charge in [-0.05, 0) is 37.0 Å². The van der Waals surface area contributed by atoms with Gasteiger partial charge in [0.05, 0.1) is 13.8 Å². The minimum absolute atomic E-state index is 0.0107. The van der Waals surface area contributed by atoms with E-state index in [1.807, 2.05) is 11.0 Å². The summed E-state index contributed by atoms with van der Waals surface area (Å²) in [4.78, 5) is 24.5. The number of ether oxygens (including phenoxy) is 2. The van der Waals surface area contributed by atoms with E-state index in [2.05, 4.69) is 0 Å². The monoisotopic (exact) mass is 345 g/mol. The number of aliphatic hydroxyl groups is 1. The number of nitrogens with zero attached hydrogens (tertiary/aromatic N) is 1. The van der Waals surface area contributed by atoms with Gasteiger partial charge >= 0.3 is 0 Å². The van der Waals surface area contributed by atoms with Crippen LogP contribution in [0.4, 0.5) is 0 Å². The Balaban J connectivity index is 1.88. The van der Waals surface area contributed by atoms with E-state index in [1.54, 1.807) is 12.1 Å². The van der Waals surface area contributed by atoms with Crippen LogP contribution in [0.1, 0.15) is 31.2 Å². The van der Waals surface area contributed by atoms with Crippen LogP contribution in [-0.4, -0.2) is 48.7 Å². The Hall–Kier alpha value is -2.18. The molecule has 2 aliphatic rings. The molecule has 0 fully saturated rings. The van der Waals surface area contributed by atoms with Gasteiger partial charge in [-0.1, -0.05) is 17.2 Å². The molecule has 0 saturated heterocycles. The minimum atomic E-state index is -0.0107. The van der Waals surface area contributed by atoms with Crippen molar-refractivity contribution >= 4 is 12.3 Å². The lowest BCUT2D eigenvalue weighted by Gasteiger charge is -2.39. The third-order valence-electron chi connectivity index (χ3n) is 5.10. The Bertz CT molecular complexity index is 697. The summed E-state index contributed by atoms with van der Waals surface area (Å²) in [5, 5.41) is 9.75. The first kappa shape index (κ1) is 17.6. The average molecular weight is 345 g/mol. The molecule has 1 N–H and O–H groups in total. The number of Topliss-reactive ketones (excluding diaryl/α,β-unsaturated/α-hetero) is 1. The van der Waals surface area contributed by atoms with Crippen molar-refractivity contribution in [1.29, 1.82) is 0 Å². The Morgan fingerprint density at radius 2 is 2.12 bits per heavy atom. The molecule has 0 spiro atoms. The summed E-state index contributed by atoms with van der Waals surface area (Å²) < 4.78 is 10.2. The van der Waals surface area contributed by atoms with Crippen molar-refractivity contribution in [3.63, 3.8) is 0 Å².